The first kappa shape index (κ1) is 9.68. The largest absolute Gasteiger partial charge is 0.388 e. The van der Waals surface area contributed by atoms with Crippen LogP contribution in [0.5, 0.6) is 0 Å². The van der Waals surface area contributed by atoms with E-state index in [0.29, 0.717) is 12.7 Å². The highest BCUT2D eigenvalue weighted by Crippen LogP contribution is 2.15. The number of hydrogen-bond donors (Lipinski definition) is 1. The maximum absolute atomic E-state index is 9.95. The van der Waals surface area contributed by atoms with E-state index in [1.807, 2.05) is 30.3 Å². The average Bonchev–Trinajstić information content (AvgIpc) is 2.19. The molecule has 0 spiro atoms. The van der Waals surface area contributed by atoms with E-state index in [2.05, 4.69) is 0 Å². The molecule has 0 fully saturated rings. The summed E-state index contributed by atoms with van der Waals surface area (Å²) < 4.78 is 0. The summed E-state index contributed by atoms with van der Waals surface area (Å²) in [4.78, 5) is 9.95. The van der Waals surface area contributed by atoms with Crippen molar-refractivity contribution in [3.8, 4) is 0 Å². The van der Waals surface area contributed by atoms with Crippen molar-refractivity contribution >= 4 is 6.29 Å². The Morgan fingerprint density at radius 3 is 2.62 bits per heavy atom. The van der Waals surface area contributed by atoms with Crippen LogP contribution in [0, 0.1) is 0 Å². The fourth-order valence-corrected chi connectivity index (χ4v) is 1.07. The van der Waals surface area contributed by atoms with Gasteiger partial charge < -0.3 is 5.11 Å². The van der Waals surface area contributed by atoms with E-state index in [9.17, 15) is 9.90 Å². The molecule has 0 saturated carbocycles. The lowest BCUT2D eigenvalue weighted by atomic mass is 10.1. The molecule has 0 heterocycles. The summed E-state index contributed by atoms with van der Waals surface area (Å²) >= 11 is 0. The molecule has 0 aliphatic heterocycles. The van der Waals surface area contributed by atoms with E-state index in [0.717, 1.165) is 5.56 Å². The van der Waals surface area contributed by atoms with E-state index in [4.69, 9.17) is 0 Å². The molecule has 13 heavy (non-hydrogen) atoms. The van der Waals surface area contributed by atoms with E-state index in [1.54, 1.807) is 6.08 Å². The van der Waals surface area contributed by atoms with Crippen molar-refractivity contribution in [2.75, 3.05) is 0 Å². The molecule has 0 amide bonds. The third-order valence-electron chi connectivity index (χ3n) is 1.76. The van der Waals surface area contributed by atoms with Crippen molar-refractivity contribution in [1.82, 2.24) is 0 Å². The zero-order valence-electron chi connectivity index (χ0n) is 7.26. The van der Waals surface area contributed by atoms with Gasteiger partial charge >= 0.3 is 0 Å². The van der Waals surface area contributed by atoms with Gasteiger partial charge in [-0.15, -0.1) is 0 Å². The number of rotatable bonds is 4. The molecule has 1 aromatic carbocycles. The standard InChI is InChI=1S/C11H12O2/c12-9-5-4-8-11(13)10-6-2-1-3-7-10/h1-7,9,11,13H,8H2. The number of aliphatic hydroxyl groups is 1. The number of allylic oxidation sites excluding steroid dienone is 1. The van der Waals surface area contributed by atoms with Gasteiger partial charge in [-0.2, -0.15) is 0 Å². The van der Waals surface area contributed by atoms with Crippen LogP contribution in [0.3, 0.4) is 0 Å². The van der Waals surface area contributed by atoms with E-state index in [-0.39, 0.29) is 0 Å². The van der Waals surface area contributed by atoms with Gasteiger partial charge in [0.25, 0.3) is 0 Å². The topological polar surface area (TPSA) is 37.3 Å². The summed E-state index contributed by atoms with van der Waals surface area (Å²) in [6.45, 7) is 0. The molecule has 0 radical (unpaired) electrons. The molecule has 2 nitrogen and oxygen atoms in total. The molecule has 0 saturated heterocycles. The van der Waals surface area contributed by atoms with Crippen LogP contribution in [0.2, 0.25) is 0 Å². The second-order valence-electron chi connectivity index (χ2n) is 2.73. The maximum atomic E-state index is 9.95. The lowest BCUT2D eigenvalue weighted by Crippen LogP contribution is -1.94. The van der Waals surface area contributed by atoms with Crippen molar-refractivity contribution in [2.45, 2.75) is 12.5 Å². The third kappa shape index (κ3) is 3.22. The highest BCUT2D eigenvalue weighted by Gasteiger charge is 2.02. The van der Waals surface area contributed by atoms with Gasteiger partial charge in [-0.25, -0.2) is 0 Å². The molecular weight excluding hydrogens is 164 g/mol. The molecule has 0 aliphatic rings. The van der Waals surface area contributed by atoms with Gasteiger partial charge in [0.1, 0.15) is 6.29 Å². The van der Waals surface area contributed by atoms with Gasteiger partial charge in [0.15, 0.2) is 0 Å². The summed E-state index contributed by atoms with van der Waals surface area (Å²) in [5.74, 6) is 0. The SMILES string of the molecule is O=CC=CCC(O)c1ccccc1. The molecule has 1 rings (SSSR count). The molecule has 0 aromatic heterocycles. The predicted octanol–water partition coefficient (Wildman–Crippen LogP) is 1.87. The van der Waals surface area contributed by atoms with Crippen LogP contribution in [0.25, 0.3) is 0 Å². The zero-order valence-corrected chi connectivity index (χ0v) is 7.26. The number of aliphatic hydroxyl groups excluding tert-OH is 1. The van der Waals surface area contributed by atoms with Crippen molar-refractivity contribution in [2.24, 2.45) is 0 Å². The minimum atomic E-state index is -0.516. The minimum absolute atomic E-state index is 0.475. The Morgan fingerprint density at radius 1 is 1.31 bits per heavy atom. The summed E-state index contributed by atoms with van der Waals surface area (Å²) in [6, 6.07) is 9.38. The first-order chi connectivity index (χ1) is 6.34. The van der Waals surface area contributed by atoms with E-state index < -0.39 is 6.10 Å². The number of aldehydes is 1. The van der Waals surface area contributed by atoms with Crippen molar-refractivity contribution in [3.63, 3.8) is 0 Å². The molecule has 0 aliphatic carbocycles. The predicted molar refractivity (Wildman–Crippen MR) is 51.2 cm³/mol. The first-order valence-electron chi connectivity index (χ1n) is 4.18. The Labute approximate surface area is 77.5 Å². The highest BCUT2D eigenvalue weighted by atomic mass is 16.3. The fourth-order valence-electron chi connectivity index (χ4n) is 1.07. The number of hydrogen-bond acceptors (Lipinski definition) is 2. The number of benzene rings is 1. The van der Waals surface area contributed by atoms with Crippen LogP contribution in [0.4, 0.5) is 0 Å². The second kappa shape index (κ2) is 5.27. The Balaban J connectivity index is 2.53. The number of carbonyl (C=O) groups is 1. The van der Waals surface area contributed by atoms with Gasteiger partial charge in [-0.05, 0) is 18.1 Å². The fraction of sp³-hybridized carbons (Fsp3) is 0.182. The third-order valence-corrected chi connectivity index (χ3v) is 1.76. The molecule has 2 heteroatoms. The summed E-state index contributed by atoms with van der Waals surface area (Å²) in [5, 5.41) is 9.58. The smallest absolute Gasteiger partial charge is 0.142 e. The summed E-state index contributed by atoms with van der Waals surface area (Å²) in [5.41, 5.74) is 0.873. The molecule has 1 N–H and O–H groups in total. The molecule has 1 aromatic rings. The van der Waals surface area contributed by atoms with Crippen molar-refractivity contribution in [3.05, 3.63) is 48.0 Å². The zero-order chi connectivity index (χ0) is 9.52. The lowest BCUT2D eigenvalue weighted by Gasteiger charge is -2.06. The van der Waals surface area contributed by atoms with Crippen LogP contribution >= 0.6 is 0 Å². The minimum Gasteiger partial charge on any atom is -0.388 e. The summed E-state index contributed by atoms with van der Waals surface area (Å²) in [7, 11) is 0. The lowest BCUT2D eigenvalue weighted by molar-refractivity contribution is -0.104. The van der Waals surface area contributed by atoms with Gasteiger partial charge in [-0.3, -0.25) is 4.79 Å². The highest BCUT2D eigenvalue weighted by molar-refractivity contribution is 5.64. The maximum Gasteiger partial charge on any atom is 0.142 e. The number of carbonyl (C=O) groups excluding carboxylic acids is 1. The quantitative estimate of drug-likeness (QED) is 0.561. The van der Waals surface area contributed by atoms with Crippen LogP contribution < -0.4 is 0 Å². The van der Waals surface area contributed by atoms with Gasteiger partial charge in [-0.1, -0.05) is 36.4 Å². The molecule has 0 bridgehead atoms. The normalized spacial score (nSPS) is 13.0. The van der Waals surface area contributed by atoms with Gasteiger partial charge in [0, 0.05) is 0 Å². The second-order valence-corrected chi connectivity index (χ2v) is 2.73. The molecule has 1 unspecified atom stereocenters. The summed E-state index contributed by atoms with van der Waals surface area (Å²) in [6.07, 6.45) is 3.72. The van der Waals surface area contributed by atoms with E-state index in [1.165, 1.54) is 6.08 Å². The van der Waals surface area contributed by atoms with Crippen molar-refractivity contribution < 1.29 is 9.90 Å². The van der Waals surface area contributed by atoms with Crippen molar-refractivity contribution in [1.29, 1.82) is 0 Å². The Morgan fingerprint density at radius 2 is 2.00 bits per heavy atom. The Bertz CT molecular complexity index is 277. The average molecular weight is 176 g/mol. The van der Waals surface area contributed by atoms with Crippen LogP contribution in [-0.2, 0) is 4.79 Å². The molecule has 1 atom stereocenters. The van der Waals surface area contributed by atoms with Gasteiger partial charge in [0.05, 0.1) is 6.10 Å². The van der Waals surface area contributed by atoms with E-state index >= 15 is 0 Å². The van der Waals surface area contributed by atoms with Gasteiger partial charge in [0.2, 0.25) is 0 Å². The first-order valence-corrected chi connectivity index (χ1v) is 4.18. The molecular formula is C11H12O2. The van der Waals surface area contributed by atoms with Crippen LogP contribution in [-0.4, -0.2) is 11.4 Å². The Hall–Kier alpha value is -1.41. The monoisotopic (exact) mass is 176 g/mol. The molecule has 68 valence electrons. The Kier molecular flexibility index (Phi) is 3.93. The van der Waals surface area contributed by atoms with Crippen LogP contribution in [0.15, 0.2) is 42.5 Å². The van der Waals surface area contributed by atoms with Crippen LogP contribution in [0.1, 0.15) is 18.1 Å².